The molecular weight excluding hydrogens is 252 g/mol. The number of carbonyl (C=O) groups is 1. The van der Waals surface area contributed by atoms with Crippen molar-refractivity contribution in [1.29, 1.82) is 0 Å². The van der Waals surface area contributed by atoms with Crippen LogP contribution in [-0.2, 0) is 0 Å². The van der Waals surface area contributed by atoms with Gasteiger partial charge < -0.3 is 0 Å². The van der Waals surface area contributed by atoms with E-state index in [1.807, 2.05) is 32.2 Å². The minimum absolute atomic E-state index is 0.730. The maximum atomic E-state index is 10.6. The molecule has 0 saturated carbocycles. The normalized spacial score (nSPS) is 10.5. The van der Waals surface area contributed by atoms with Crippen molar-refractivity contribution in [3.05, 3.63) is 33.3 Å². The molecular formula is C12H12N2OS2. The molecule has 0 radical (unpaired) electrons. The zero-order valence-corrected chi connectivity index (χ0v) is 11.5. The highest BCUT2D eigenvalue weighted by molar-refractivity contribution is 7.99. The molecule has 0 aliphatic heterocycles. The predicted octanol–water partition coefficient (Wildman–Crippen LogP) is 3.43. The second kappa shape index (κ2) is 4.98. The number of aromatic nitrogens is 2. The average molecular weight is 264 g/mol. The highest BCUT2D eigenvalue weighted by Crippen LogP contribution is 2.29. The summed E-state index contributed by atoms with van der Waals surface area (Å²) in [6.07, 6.45) is 0.862. The number of nitrogens with zero attached hydrogens (tertiary/aromatic N) is 2. The molecule has 0 spiro atoms. The Morgan fingerprint density at radius 1 is 1.24 bits per heavy atom. The second-order valence-electron chi connectivity index (χ2n) is 3.71. The Hall–Kier alpha value is -1.20. The van der Waals surface area contributed by atoms with Gasteiger partial charge in [0, 0.05) is 21.7 Å². The molecule has 17 heavy (non-hydrogen) atoms. The molecule has 0 atom stereocenters. The number of aldehydes is 1. The Labute approximate surface area is 108 Å². The summed E-state index contributed by atoms with van der Waals surface area (Å²) in [5, 5.41) is 2.68. The van der Waals surface area contributed by atoms with E-state index in [0.717, 1.165) is 38.2 Å². The molecule has 0 aliphatic carbocycles. The Kier molecular flexibility index (Phi) is 3.59. The summed E-state index contributed by atoms with van der Waals surface area (Å²) >= 11 is 2.93. The fourth-order valence-corrected chi connectivity index (χ4v) is 3.09. The van der Waals surface area contributed by atoms with Gasteiger partial charge in [-0.05, 0) is 44.2 Å². The largest absolute Gasteiger partial charge is 0.297 e. The number of carbonyl (C=O) groups excluding carboxylic acids is 1. The zero-order valence-electron chi connectivity index (χ0n) is 9.85. The lowest BCUT2D eigenvalue weighted by atomic mass is 10.2. The smallest absolute Gasteiger partial charge is 0.192 e. The quantitative estimate of drug-likeness (QED) is 0.629. The lowest BCUT2D eigenvalue weighted by Crippen LogP contribution is -1.97. The van der Waals surface area contributed by atoms with Crippen molar-refractivity contribution in [2.75, 3.05) is 0 Å². The SMILES string of the molecule is Cc1nc(Sc2csc(C=O)c2)nc(C)c1C. The molecule has 2 aromatic rings. The summed E-state index contributed by atoms with van der Waals surface area (Å²) in [6.45, 7) is 5.99. The Bertz CT molecular complexity index is 540. The van der Waals surface area contributed by atoms with Crippen LogP contribution in [0.25, 0.3) is 0 Å². The highest BCUT2D eigenvalue weighted by atomic mass is 32.2. The summed E-state index contributed by atoms with van der Waals surface area (Å²) in [5.74, 6) is 0. The van der Waals surface area contributed by atoms with E-state index in [9.17, 15) is 4.79 Å². The Balaban J connectivity index is 2.27. The van der Waals surface area contributed by atoms with Gasteiger partial charge in [0.1, 0.15) is 0 Å². The molecule has 5 heteroatoms. The lowest BCUT2D eigenvalue weighted by Gasteiger charge is -2.05. The first kappa shape index (κ1) is 12.3. The molecule has 0 aromatic carbocycles. The molecule has 0 N–H and O–H groups in total. The molecule has 0 bridgehead atoms. The van der Waals surface area contributed by atoms with Crippen LogP contribution in [0.4, 0.5) is 0 Å². The van der Waals surface area contributed by atoms with Crippen LogP contribution in [0.3, 0.4) is 0 Å². The van der Waals surface area contributed by atoms with Crippen molar-refractivity contribution >= 4 is 29.4 Å². The van der Waals surface area contributed by atoms with Gasteiger partial charge in [-0.25, -0.2) is 9.97 Å². The van der Waals surface area contributed by atoms with Gasteiger partial charge in [-0.2, -0.15) is 0 Å². The highest BCUT2D eigenvalue weighted by Gasteiger charge is 2.07. The van der Waals surface area contributed by atoms with E-state index in [1.54, 1.807) is 0 Å². The molecule has 0 fully saturated rings. The van der Waals surface area contributed by atoms with E-state index in [-0.39, 0.29) is 0 Å². The molecule has 0 saturated heterocycles. The third kappa shape index (κ3) is 2.73. The number of hydrogen-bond acceptors (Lipinski definition) is 5. The van der Waals surface area contributed by atoms with Gasteiger partial charge in [0.15, 0.2) is 11.4 Å². The summed E-state index contributed by atoms with van der Waals surface area (Å²) in [5.41, 5.74) is 3.14. The molecule has 2 heterocycles. The van der Waals surface area contributed by atoms with Crippen molar-refractivity contribution in [1.82, 2.24) is 9.97 Å². The first-order valence-corrected chi connectivity index (χ1v) is 6.83. The van der Waals surface area contributed by atoms with Gasteiger partial charge in [-0.1, -0.05) is 0 Å². The van der Waals surface area contributed by atoms with Crippen molar-refractivity contribution in [2.45, 2.75) is 30.8 Å². The van der Waals surface area contributed by atoms with Crippen molar-refractivity contribution in [3.8, 4) is 0 Å². The zero-order chi connectivity index (χ0) is 12.4. The van der Waals surface area contributed by atoms with Gasteiger partial charge in [0.2, 0.25) is 0 Å². The number of aryl methyl sites for hydroxylation is 2. The van der Waals surface area contributed by atoms with Crippen molar-refractivity contribution < 1.29 is 4.79 Å². The van der Waals surface area contributed by atoms with Crippen molar-refractivity contribution in [3.63, 3.8) is 0 Å². The first-order valence-electron chi connectivity index (χ1n) is 5.13. The number of thiophene rings is 1. The standard InChI is InChI=1S/C12H12N2OS2/c1-7-8(2)13-12(14-9(7)3)17-11-4-10(5-15)16-6-11/h4-6H,1-3H3. The summed E-state index contributed by atoms with van der Waals surface area (Å²) in [7, 11) is 0. The minimum Gasteiger partial charge on any atom is -0.297 e. The molecule has 3 nitrogen and oxygen atoms in total. The fourth-order valence-electron chi connectivity index (χ4n) is 1.34. The topological polar surface area (TPSA) is 42.9 Å². The molecule has 0 aliphatic rings. The van der Waals surface area contributed by atoms with Crippen LogP contribution in [0.2, 0.25) is 0 Å². The molecule has 2 aromatic heterocycles. The van der Waals surface area contributed by atoms with Crippen LogP contribution in [0.15, 0.2) is 21.5 Å². The van der Waals surface area contributed by atoms with E-state index in [0.29, 0.717) is 0 Å². The maximum absolute atomic E-state index is 10.6. The number of hydrogen-bond donors (Lipinski definition) is 0. The molecule has 88 valence electrons. The lowest BCUT2D eigenvalue weighted by molar-refractivity contribution is 0.112. The van der Waals surface area contributed by atoms with Gasteiger partial charge >= 0.3 is 0 Å². The average Bonchev–Trinajstić information content (AvgIpc) is 2.73. The summed E-state index contributed by atoms with van der Waals surface area (Å²) < 4.78 is 0. The predicted molar refractivity (Wildman–Crippen MR) is 70.1 cm³/mol. The van der Waals surface area contributed by atoms with Crippen LogP contribution in [0.1, 0.15) is 26.6 Å². The van der Waals surface area contributed by atoms with Gasteiger partial charge in [0.05, 0.1) is 4.88 Å². The van der Waals surface area contributed by atoms with Crippen molar-refractivity contribution in [2.24, 2.45) is 0 Å². The summed E-state index contributed by atoms with van der Waals surface area (Å²) in [4.78, 5) is 21.2. The van der Waals surface area contributed by atoms with Crippen LogP contribution < -0.4 is 0 Å². The van der Waals surface area contributed by atoms with Gasteiger partial charge in [-0.15, -0.1) is 11.3 Å². The van der Waals surface area contributed by atoms with E-state index in [2.05, 4.69) is 9.97 Å². The Morgan fingerprint density at radius 2 is 1.88 bits per heavy atom. The van der Waals surface area contributed by atoms with Gasteiger partial charge in [0.25, 0.3) is 0 Å². The Morgan fingerprint density at radius 3 is 2.41 bits per heavy atom. The van der Waals surface area contributed by atoms with E-state index < -0.39 is 0 Å². The number of rotatable bonds is 3. The fraction of sp³-hybridized carbons (Fsp3) is 0.250. The minimum atomic E-state index is 0.730. The maximum Gasteiger partial charge on any atom is 0.192 e. The van der Waals surface area contributed by atoms with Crippen LogP contribution in [0, 0.1) is 20.8 Å². The van der Waals surface area contributed by atoms with Crippen LogP contribution >= 0.6 is 23.1 Å². The molecule has 0 amide bonds. The van der Waals surface area contributed by atoms with Crippen LogP contribution in [-0.4, -0.2) is 16.3 Å². The van der Waals surface area contributed by atoms with E-state index in [4.69, 9.17) is 0 Å². The second-order valence-corrected chi connectivity index (χ2v) is 5.69. The monoisotopic (exact) mass is 264 g/mol. The van der Waals surface area contributed by atoms with E-state index >= 15 is 0 Å². The van der Waals surface area contributed by atoms with Crippen LogP contribution in [0.5, 0.6) is 0 Å². The third-order valence-corrected chi connectivity index (χ3v) is 4.38. The first-order chi connectivity index (χ1) is 8.10. The van der Waals surface area contributed by atoms with Gasteiger partial charge in [-0.3, -0.25) is 4.79 Å². The summed E-state index contributed by atoms with van der Waals surface area (Å²) in [6, 6.07) is 1.86. The molecule has 2 rings (SSSR count). The molecule has 0 unspecified atom stereocenters. The van der Waals surface area contributed by atoms with E-state index in [1.165, 1.54) is 23.1 Å². The third-order valence-electron chi connectivity index (χ3n) is 2.53.